The van der Waals surface area contributed by atoms with Crippen LogP contribution in [0.2, 0.25) is 0 Å². The maximum atomic E-state index is 12.5. The Hall–Kier alpha value is -0.870. The van der Waals surface area contributed by atoms with E-state index >= 15 is 0 Å². The highest BCUT2D eigenvalue weighted by atomic mass is 79.9. The van der Waals surface area contributed by atoms with Crippen molar-refractivity contribution in [3.05, 3.63) is 34.3 Å². The van der Waals surface area contributed by atoms with Gasteiger partial charge < -0.3 is 10.6 Å². The maximum Gasteiger partial charge on any atom is 0.223 e. The van der Waals surface area contributed by atoms with Gasteiger partial charge in [0.25, 0.3) is 0 Å². The lowest BCUT2D eigenvalue weighted by Crippen LogP contribution is -2.51. The van der Waals surface area contributed by atoms with Gasteiger partial charge in [-0.15, -0.1) is 0 Å². The third-order valence-corrected chi connectivity index (χ3v) is 4.82. The number of piperidine rings is 1. The molecular weight excluding hydrogens is 316 g/mol. The summed E-state index contributed by atoms with van der Waals surface area (Å²) in [5.41, 5.74) is 7.22. The molecule has 0 aromatic heterocycles. The number of carbonyl (C=O) groups excluding carboxylic acids is 1. The summed E-state index contributed by atoms with van der Waals surface area (Å²) in [6, 6.07) is 8.36. The fourth-order valence-corrected chi connectivity index (χ4v) is 3.38. The average Bonchev–Trinajstić information content (AvgIpc) is 2.46. The maximum absolute atomic E-state index is 12.5. The van der Waals surface area contributed by atoms with Crippen molar-refractivity contribution in [2.24, 2.45) is 5.73 Å². The van der Waals surface area contributed by atoms with Crippen LogP contribution in [0.1, 0.15) is 38.2 Å². The van der Waals surface area contributed by atoms with E-state index in [0.717, 1.165) is 30.3 Å². The molecule has 1 aliphatic rings. The van der Waals surface area contributed by atoms with Crippen LogP contribution in [-0.2, 0) is 11.2 Å². The van der Waals surface area contributed by atoms with Crippen LogP contribution in [0.4, 0.5) is 0 Å². The molecule has 1 aromatic rings. The molecule has 2 atom stereocenters. The predicted molar refractivity (Wildman–Crippen MR) is 85.5 cm³/mol. The van der Waals surface area contributed by atoms with E-state index in [1.54, 1.807) is 0 Å². The van der Waals surface area contributed by atoms with E-state index in [2.05, 4.69) is 22.0 Å². The third kappa shape index (κ3) is 3.83. The van der Waals surface area contributed by atoms with Gasteiger partial charge in [-0.2, -0.15) is 0 Å². The molecule has 0 saturated carbocycles. The highest BCUT2D eigenvalue weighted by Crippen LogP contribution is 2.22. The van der Waals surface area contributed by atoms with Gasteiger partial charge in [-0.3, -0.25) is 4.79 Å². The molecule has 110 valence electrons. The lowest BCUT2D eigenvalue weighted by Gasteiger charge is -2.38. The van der Waals surface area contributed by atoms with Crippen molar-refractivity contribution in [2.75, 3.05) is 6.54 Å². The van der Waals surface area contributed by atoms with E-state index in [0.29, 0.717) is 6.42 Å². The molecule has 2 rings (SSSR count). The topological polar surface area (TPSA) is 46.3 Å². The summed E-state index contributed by atoms with van der Waals surface area (Å²) in [5.74, 6) is 0.239. The Labute approximate surface area is 129 Å². The lowest BCUT2D eigenvalue weighted by molar-refractivity contribution is -0.135. The number of likely N-dealkylation sites (tertiary alicyclic amines) is 1. The van der Waals surface area contributed by atoms with Crippen molar-refractivity contribution < 1.29 is 4.79 Å². The van der Waals surface area contributed by atoms with Crippen LogP contribution >= 0.6 is 15.9 Å². The smallest absolute Gasteiger partial charge is 0.223 e. The normalized spacial score (nSPS) is 20.8. The minimum absolute atomic E-state index is 0.0581. The zero-order valence-electron chi connectivity index (χ0n) is 12.0. The lowest BCUT2D eigenvalue weighted by atomic mass is 9.96. The van der Waals surface area contributed by atoms with E-state index in [1.165, 1.54) is 12.0 Å². The van der Waals surface area contributed by atoms with Crippen LogP contribution in [0.3, 0.4) is 0 Å². The highest BCUT2D eigenvalue weighted by Gasteiger charge is 2.28. The zero-order chi connectivity index (χ0) is 14.5. The van der Waals surface area contributed by atoms with Gasteiger partial charge in [0.1, 0.15) is 0 Å². The Bertz CT molecular complexity index is 462. The minimum atomic E-state index is 0.0581. The van der Waals surface area contributed by atoms with Crippen LogP contribution in [0.15, 0.2) is 28.7 Å². The van der Waals surface area contributed by atoms with Gasteiger partial charge in [-0.25, -0.2) is 0 Å². The van der Waals surface area contributed by atoms with Crippen LogP contribution in [-0.4, -0.2) is 29.4 Å². The van der Waals surface area contributed by atoms with E-state index in [1.807, 2.05) is 30.0 Å². The second-order valence-electron chi connectivity index (χ2n) is 5.60. The quantitative estimate of drug-likeness (QED) is 0.916. The molecule has 1 saturated heterocycles. The standard InChI is InChI=1S/C16H23BrN2O/c1-12(18)15-8-4-5-11-19(15)16(20)10-9-13-6-2-3-7-14(13)17/h2-3,6-7,12,15H,4-5,8-11,18H2,1H3. The monoisotopic (exact) mass is 338 g/mol. The Kier molecular flexibility index (Phi) is 5.61. The van der Waals surface area contributed by atoms with Gasteiger partial charge in [0.15, 0.2) is 0 Å². The third-order valence-electron chi connectivity index (χ3n) is 4.04. The largest absolute Gasteiger partial charge is 0.338 e. The molecule has 1 amide bonds. The minimum Gasteiger partial charge on any atom is -0.338 e. The first kappa shape index (κ1) is 15.5. The Morgan fingerprint density at radius 3 is 2.90 bits per heavy atom. The fraction of sp³-hybridized carbons (Fsp3) is 0.562. The van der Waals surface area contributed by atoms with Crippen molar-refractivity contribution in [3.63, 3.8) is 0 Å². The van der Waals surface area contributed by atoms with Crippen LogP contribution < -0.4 is 5.73 Å². The summed E-state index contributed by atoms with van der Waals surface area (Å²) in [4.78, 5) is 14.5. The summed E-state index contributed by atoms with van der Waals surface area (Å²) in [6.07, 6.45) is 4.66. The molecule has 1 aliphatic heterocycles. The van der Waals surface area contributed by atoms with Gasteiger partial charge in [0.05, 0.1) is 0 Å². The summed E-state index contributed by atoms with van der Waals surface area (Å²) < 4.78 is 1.08. The summed E-state index contributed by atoms with van der Waals surface area (Å²) in [6.45, 7) is 2.87. The molecule has 0 radical (unpaired) electrons. The molecule has 0 spiro atoms. The number of aryl methyl sites for hydroxylation is 1. The molecule has 1 aromatic carbocycles. The number of rotatable bonds is 4. The molecule has 0 aliphatic carbocycles. The number of nitrogens with two attached hydrogens (primary N) is 1. The molecular formula is C16H23BrN2O. The van der Waals surface area contributed by atoms with E-state index < -0.39 is 0 Å². The molecule has 3 nitrogen and oxygen atoms in total. The van der Waals surface area contributed by atoms with Crippen molar-refractivity contribution in [2.45, 2.75) is 51.1 Å². The van der Waals surface area contributed by atoms with Crippen molar-refractivity contribution >= 4 is 21.8 Å². The molecule has 2 unspecified atom stereocenters. The highest BCUT2D eigenvalue weighted by molar-refractivity contribution is 9.10. The number of carbonyl (C=O) groups is 1. The summed E-state index contributed by atoms with van der Waals surface area (Å²) in [5, 5.41) is 0. The number of benzene rings is 1. The van der Waals surface area contributed by atoms with Gasteiger partial charge in [0, 0.05) is 29.5 Å². The Morgan fingerprint density at radius 1 is 1.45 bits per heavy atom. The Balaban J connectivity index is 1.95. The first-order chi connectivity index (χ1) is 9.59. The van der Waals surface area contributed by atoms with Crippen LogP contribution in [0.5, 0.6) is 0 Å². The second-order valence-corrected chi connectivity index (χ2v) is 6.46. The van der Waals surface area contributed by atoms with Crippen molar-refractivity contribution in [1.82, 2.24) is 4.90 Å². The van der Waals surface area contributed by atoms with Crippen molar-refractivity contribution in [1.29, 1.82) is 0 Å². The number of nitrogens with zero attached hydrogens (tertiary/aromatic N) is 1. The second kappa shape index (κ2) is 7.23. The number of hydrogen-bond acceptors (Lipinski definition) is 2. The molecule has 20 heavy (non-hydrogen) atoms. The number of amides is 1. The van der Waals surface area contributed by atoms with E-state index in [4.69, 9.17) is 5.73 Å². The average molecular weight is 339 g/mol. The van der Waals surface area contributed by atoms with Crippen LogP contribution in [0, 0.1) is 0 Å². The molecule has 4 heteroatoms. The zero-order valence-corrected chi connectivity index (χ0v) is 13.6. The molecule has 1 fully saturated rings. The van der Waals surface area contributed by atoms with Crippen molar-refractivity contribution in [3.8, 4) is 0 Å². The van der Waals surface area contributed by atoms with Gasteiger partial charge in [-0.05, 0) is 44.2 Å². The van der Waals surface area contributed by atoms with Crippen LogP contribution in [0.25, 0.3) is 0 Å². The summed E-state index contributed by atoms with van der Waals surface area (Å²) >= 11 is 3.53. The van der Waals surface area contributed by atoms with Gasteiger partial charge in [0.2, 0.25) is 5.91 Å². The number of halogens is 1. The SMILES string of the molecule is CC(N)C1CCCCN1C(=O)CCc1ccccc1Br. The molecule has 1 heterocycles. The number of hydrogen-bond donors (Lipinski definition) is 1. The van der Waals surface area contributed by atoms with E-state index in [-0.39, 0.29) is 18.0 Å². The van der Waals surface area contributed by atoms with E-state index in [9.17, 15) is 4.79 Å². The fourth-order valence-electron chi connectivity index (χ4n) is 2.90. The first-order valence-corrected chi connectivity index (χ1v) is 8.17. The van der Waals surface area contributed by atoms with Gasteiger partial charge in [-0.1, -0.05) is 34.1 Å². The molecule has 0 bridgehead atoms. The predicted octanol–water partition coefficient (Wildman–Crippen LogP) is 3.11. The van der Waals surface area contributed by atoms with Gasteiger partial charge >= 0.3 is 0 Å². The Morgan fingerprint density at radius 2 is 2.20 bits per heavy atom. The first-order valence-electron chi connectivity index (χ1n) is 7.38. The molecule has 2 N–H and O–H groups in total. The summed E-state index contributed by atoms with van der Waals surface area (Å²) in [7, 11) is 0.